The Balaban J connectivity index is 3.31. The summed E-state index contributed by atoms with van der Waals surface area (Å²) < 4.78 is 0. The highest BCUT2D eigenvalue weighted by molar-refractivity contribution is 6.37. The first-order chi connectivity index (χ1) is 6.18. The van der Waals surface area contributed by atoms with Crippen molar-refractivity contribution in [3.05, 3.63) is 48.0 Å². The van der Waals surface area contributed by atoms with Gasteiger partial charge in [-0.1, -0.05) is 59.0 Å². The van der Waals surface area contributed by atoms with E-state index in [0.29, 0.717) is 10.9 Å². The van der Waals surface area contributed by atoms with Crippen molar-refractivity contribution in [2.24, 2.45) is 0 Å². The Kier molecular flexibility index (Phi) is 3.63. The standard InChI is InChI=1S/C11H10B2/c1-9-4-2-6-10(12)8-11(13)7-3-5-9/h2-8H,1H3. The molecule has 1 aromatic carbocycles. The zero-order chi connectivity index (χ0) is 9.68. The van der Waals surface area contributed by atoms with Gasteiger partial charge in [-0.25, -0.2) is 0 Å². The van der Waals surface area contributed by atoms with Crippen molar-refractivity contribution in [1.29, 1.82) is 0 Å². The SMILES string of the molecule is [B]c1cccc(C)cccc([B])c1. The first kappa shape index (κ1) is 9.91. The van der Waals surface area contributed by atoms with Gasteiger partial charge in [0.1, 0.15) is 15.7 Å². The van der Waals surface area contributed by atoms with Crippen molar-refractivity contribution in [2.45, 2.75) is 6.92 Å². The topological polar surface area (TPSA) is 0 Å². The van der Waals surface area contributed by atoms with Crippen molar-refractivity contribution in [3.8, 4) is 0 Å². The van der Waals surface area contributed by atoms with Crippen LogP contribution in [0, 0.1) is 6.92 Å². The van der Waals surface area contributed by atoms with Gasteiger partial charge in [0.2, 0.25) is 0 Å². The van der Waals surface area contributed by atoms with Gasteiger partial charge in [0.15, 0.2) is 0 Å². The van der Waals surface area contributed by atoms with Gasteiger partial charge in [-0.05, 0) is 6.92 Å². The van der Waals surface area contributed by atoms with E-state index in [0.717, 1.165) is 5.56 Å². The minimum Gasteiger partial charge on any atom is -0.0973 e. The zero-order valence-corrected chi connectivity index (χ0v) is 7.70. The summed E-state index contributed by atoms with van der Waals surface area (Å²) in [4.78, 5) is 0. The highest BCUT2D eigenvalue weighted by Gasteiger charge is 1.79. The number of rotatable bonds is 0. The Bertz CT molecular complexity index is 313. The fraction of sp³-hybridized carbons (Fsp3) is 0.0909. The van der Waals surface area contributed by atoms with Gasteiger partial charge < -0.3 is 0 Å². The molecule has 0 heterocycles. The molecule has 0 amide bonds. The van der Waals surface area contributed by atoms with E-state index in [1.807, 2.05) is 43.3 Å². The van der Waals surface area contributed by atoms with Crippen molar-refractivity contribution in [2.75, 3.05) is 0 Å². The van der Waals surface area contributed by atoms with Crippen LogP contribution in [0.2, 0.25) is 0 Å². The highest BCUT2D eigenvalue weighted by Crippen LogP contribution is 1.88. The fourth-order valence-corrected chi connectivity index (χ4v) is 0.966. The van der Waals surface area contributed by atoms with Crippen LogP contribution >= 0.6 is 0 Å². The lowest BCUT2D eigenvalue weighted by molar-refractivity contribution is 1.50. The largest absolute Gasteiger partial charge is 0.113 e. The van der Waals surface area contributed by atoms with Crippen LogP contribution in [-0.2, 0) is 0 Å². The Morgan fingerprint density at radius 2 is 1.31 bits per heavy atom. The average molecular weight is 164 g/mol. The maximum Gasteiger partial charge on any atom is 0.113 e. The lowest BCUT2D eigenvalue weighted by atomic mass is 9.90. The van der Waals surface area contributed by atoms with Crippen LogP contribution in [0.15, 0.2) is 42.5 Å². The molecule has 0 N–H and O–H groups in total. The van der Waals surface area contributed by atoms with Crippen LogP contribution in [-0.4, -0.2) is 15.7 Å². The number of hydrogen-bond acceptors (Lipinski definition) is 0. The summed E-state index contributed by atoms with van der Waals surface area (Å²) in [6, 6.07) is 13.2. The molecule has 1 rings (SSSR count). The molecular weight excluding hydrogens is 154 g/mol. The van der Waals surface area contributed by atoms with E-state index in [4.69, 9.17) is 15.7 Å². The van der Waals surface area contributed by atoms with Crippen LogP contribution < -0.4 is 10.9 Å². The molecule has 2 heteroatoms. The maximum atomic E-state index is 5.66. The second-order valence-corrected chi connectivity index (χ2v) is 2.94. The molecule has 4 radical (unpaired) electrons. The molecule has 0 saturated carbocycles. The zero-order valence-electron chi connectivity index (χ0n) is 7.70. The lowest BCUT2D eigenvalue weighted by Gasteiger charge is -1.90. The van der Waals surface area contributed by atoms with Crippen molar-refractivity contribution >= 4 is 26.6 Å². The van der Waals surface area contributed by atoms with Gasteiger partial charge in [-0.2, -0.15) is 0 Å². The molecule has 1 aromatic rings. The molecule has 0 unspecified atom stereocenters. The van der Waals surface area contributed by atoms with Gasteiger partial charge in [0, 0.05) is 0 Å². The third-order valence-corrected chi connectivity index (χ3v) is 1.63. The minimum absolute atomic E-state index is 0.660. The fourth-order valence-electron chi connectivity index (χ4n) is 0.966. The minimum atomic E-state index is 0.660. The first-order valence-corrected chi connectivity index (χ1v) is 4.14. The van der Waals surface area contributed by atoms with E-state index in [2.05, 4.69) is 0 Å². The molecule has 0 atom stereocenters. The second kappa shape index (κ2) is 4.76. The summed E-state index contributed by atoms with van der Waals surface area (Å²) in [5.41, 5.74) is 2.48. The molecule has 60 valence electrons. The van der Waals surface area contributed by atoms with Gasteiger partial charge in [0.25, 0.3) is 0 Å². The van der Waals surface area contributed by atoms with Crippen molar-refractivity contribution < 1.29 is 0 Å². The van der Waals surface area contributed by atoms with Crippen LogP contribution in [0.3, 0.4) is 0 Å². The highest BCUT2D eigenvalue weighted by atomic mass is 13.8. The van der Waals surface area contributed by atoms with E-state index in [1.165, 1.54) is 0 Å². The summed E-state index contributed by atoms with van der Waals surface area (Å²) in [6.07, 6.45) is 0. The average Bonchev–Trinajstić information content (AvgIpc) is 2.03. The van der Waals surface area contributed by atoms with E-state index in [-0.39, 0.29) is 0 Å². The molecule has 0 spiro atoms. The summed E-state index contributed by atoms with van der Waals surface area (Å²) in [5.74, 6) is 0. The molecular formula is C11H10B2. The second-order valence-electron chi connectivity index (χ2n) is 2.94. The monoisotopic (exact) mass is 164 g/mol. The van der Waals surface area contributed by atoms with Crippen LogP contribution in [0.4, 0.5) is 0 Å². The van der Waals surface area contributed by atoms with Crippen LogP contribution in [0.5, 0.6) is 0 Å². The maximum absolute atomic E-state index is 5.66. The predicted molar refractivity (Wildman–Crippen MR) is 59.6 cm³/mol. The molecule has 0 nitrogen and oxygen atoms in total. The Hall–Kier alpha value is -1.17. The van der Waals surface area contributed by atoms with Gasteiger partial charge in [-0.3, -0.25) is 0 Å². The van der Waals surface area contributed by atoms with Crippen LogP contribution in [0.1, 0.15) is 5.56 Å². The van der Waals surface area contributed by atoms with Gasteiger partial charge in [0.05, 0.1) is 0 Å². The molecule has 13 heavy (non-hydrogen) atoms. The molecule has 0 fully saturated rings. The Morgan fingerprint density at radius 1 is 0.846 bits per heavy atom. The summed E-state index contributed by atoms with van der Waals surface area (Å²) in [5, 5.41) is 0. The third-order valence-electron chi connectivity index (χ3n) is 1.63. The lowest BCUT2D eigenvalue weighted by Crippen LogP contribution is -2.08. The van der Waals surface area contributed by atoms with Crippen molar-refractivity contribution in [3.63, 3.8) is 0 Å². The number of hydrogen-bond donors (Lipinski definition) is 0. The molecule has 0 aliphatic carbocycles. The van der Waals surface area contributed by atoms with Crippen molar-refractivity contribution in [1.82, 2.24) is 0 Å². The van der Waals surface area contributed by atoms with Crippen LogP contribution in [0.25, 0.3) is 0 Å². The molecule has 0 saturated heterocycles. The van der Waals surface area contributed by atoms with E-state index in [9.17, 15) is 0 Å². The first-order valence-electron chi connectivity index (χ1n) is 4.14. The van der Waals surface area contributed by atoms with Gasteiger partial charge in [-0.15, -0.1) is 0 Å². The third kappa shape index (κ3) is 3.84. The smallest absolute Gasteiger partial charge is 0.0973 e. The molecule has 0 aromatic heterocycles. The molecule has 0 aliphatic heterocycles. The molecule has 0 bridgehead atoms. The normalized spacial score (nSPS) is 9.00. The summed E-state index contributed by atoms with van der Waals surface area (Å²) >= 11 is 0. The number of aryl methyl sites for hydroxylation is 1. The summed E-state index contributed by atoms with van der Waals surface area (Å²) in [6.45, 7) is 2.02. The Morgan fingerprint density at radius 3 is 1.77 bits per heavy atom. The molecule has 0 aliphatic rings. The van der Waals surface area contributed by atoms with E-state index >= 15 is 0 Å². The van der Waals surface area contributed by atoms with E-state index in [1.54, 1.807) is 6.07 Å². The quantitative estimate of drug-likeness (QED) is 0.495. The van der Waals surface area contributed by atoms with Gasteiger partial charge >= 0.3 is 0 Å². The summed E-state index contributed by atoms with van der Waals surface area (Å²) in [7, 11) is 11.3. The predicted octanol–water partition coefficient (Wildman–Crippen LogP) is 0.707. The van der Waals surface area contributed by atoms with E-state index < -0.39 is 0 Å². The Labute approximate surface area is 82.1 Å².